The van der Waals surface area contributed by atoms with E-state index in [1.807, 2.05) is 38.1 Å². The molecule has 1 heterocycles. The molecule has 0 fully saturated rings. The maximum Gasteiger partial charge on any atom is 0.229 e. The van der Waals surface area contributed by atoms with Crippen molar-refractivity contribution in [3.8, 4) is 0 Å². The van der Waals surface area contributed by atoms with Gasteiger partial charge < -0.3 is 4.90 Å². The molecule has 0 spiro atoms. The number of carbonyl (C=O) groups is 1. The Morgan fingerprint density at radius 3 is 2.41 bits per heavy atom. The number of halogens is 2. The van der Waals surface area contributed by atoms with Crippen molar-refractivity contribution in [2.45, 2.75) is 24.7 Å². The van der Waals surface area contributed by atoms with E-state index >= 15 is 0 Å². The van der Waals surface area contributed by atoms with Crippen molar-refractivity contribution in [3.05, 3.63) is 52.0 Å². The van der Waals surface area contributed by atoms with Crippen LogP contribution in [-0.2, 0) is 14.6 Å². The van der Waals surface area contributed by atoms with Crippen molar-refractivity contribution in [2.24, 2.45) is 0 Å². The lowest BCUT2D eigenvalue weighted by atomic mass is 10.2. The number of carbonyl (C=O) groups excluding carboxylic acids is 1. The number of hydrogen-bond acceptors (Lipinski definition) is 6. The van der Waals surface area contributed by atoms with Crippen LogP contribution in [0.5, 0.6) is 0 Å². The predicted octanol–water partition coefficient (Wildman–Crippen LogP) is 5.06. The number of fused-ring (bicyclic) bond motifs is 1. The monoisotopic (exact) mass is 513 g/mol. The molecule has 0 aliphatic heterocycles. The number of nitrogens with zero attached hydrogens (tertiary/aromatic N) is 3. The SMILES string of the molecule is Cc1cc(Cl)cc2sc(N(CCCN(C)C)C(=O)CCS(=O)(=O)c3ccc(Cl)cc3)nc12. The summed E-state index contributed by atoms with van der Waals surface area (Å²) >= 11 is 13.4. The zero-order valence-electron chi connectivity index (χ0n) is 18.1. The zero-order chi connectivity index (χ0) is 23.5. The lowest BCUT2D eigenvalue weighted by Gasteiger charge is -2.21. The van der Waals surface area contributed by atoms with Crippen molar-refractivity contribution in [2.75, 3.05) is 37.8 Å². The van der Waals surface area contributed by atoms with E-state index in [9.17, 15) is 13.2 Å². The third-order valence-corrected chi connectivity index (χ3v) is 8.14. The number of amides is 1. The van der Waals surface area contributed by atoms with Crippen LogP contribution in [0.4, 0.5) is 5.13 Å². The van der Waals surface area contributed by atoms with E-state index in [0.717, 1.165) is 28.7 Å². The number of rotatable bonds is 9. The Balaban J connectivity index is 1.82. The van der Waals surface area contributed by atoms with Crippen LogP contribution in [0.15, 0.2) is 41.3 Å². The van der Waals surface area contributed by atoms with Gasteiger partial charge in [-0.1, -0.05) is 34.5 Å². The van der Waals surface area contributed by atoms with Gasteiger partial charge in [0.15, 0.2) is 15.0 Å². The minimum Gasteiger partial charge on any atom is -0.309 e. The highest BCUT2D eigenvalue weighted by molar-refractivity contribution is 7.91. The van der Waals surface area contributed by atoms with E-state index in [0.29, 0.717) is 21.7 Å². The van der Waals surface area contributed by atoms with Gasteiger partial charge in [0.2, 0.25) is 5.91 Å². The first kappa shape index (κ1) is 24.9. The molecule has 3 rings (SSSR count). The molecular weight excluding hydrogens is 489 g/mol. The number of aryl methyl sites for hydroxylation is 1. The second kappa shape index (κ2) is 10.5. The van der Waals surface area contributed by atoms with E-state index in [1.165, 1.54) is 35.6 Å². The Bertz CT molecular complexity index is 1210. The summed E-state index contributed by atoms with van der Waals surface area (Å²) in [5, 5.41) is 1.63. The Kier molecular flexibility index (Phi) is 8.16. The first-order valence-electron chi connectivity index (χ1n) is 10.1. The molecule has 32 heavy (non-hydrogen) atoms. The van der Waals surface area contributed by atoms with Gasteiger partial charge in [0.1, 0.15) is 0 Å². The summed E-state index contributed by atoms with van der Waals surface area (Å²) in [5.41, 5.74) is 1.73. The fourth-order valence-electron chi connectivity index (χ4n) is 3.25. The fourth-order valence-corrected chi connectivity index (χ4v) is 6.07. The topological polar surface area (TPSA) is 70.6 Å². The zero-order valence-corrected chi connectivity index (χ0v) is 21.3. The quantitative estimate of drug-likeness (QED) is 0.399. The summed E-state index contributed by atoms with van der Waals surface area (Å²) < 4.78 is 26.3. The highest BCUT2D eigenvalue weighted by Gasteiger charge is 2.23. The van der Waals surface area contributed by atoms with Gasteiger partial charge in [-0.25, -0.2) is 13.4 Å². The molecule has 0 aliphatic rings. The van der Waals surface area contributed by atoms with Gasteiger partial charge in [-0.15, -0.1) is 0 Å². The van der Waals surface area contributed by atoms with E-state index in [4.69, 9.17) is 23.2 Å². The summed E-state index contributed by atoms with van der Waals surface area (Å²) in [6.07, 6.45) is 0.598. The number of sulfone groups is 1. The summed E-state index contributed by atoms with van der Waals surface area (Å²) in [4.78, 5) is 21.6. The van der Waals surface area contributed by atoms with Crippen LogP contribution in [0.25, 0.3) is 10.2 Å². The molecule has 0 saturated carbocycles. The number of hydrogen-bond donors (Lipinski definition) is 0. The third kappa shape index (κ3) is 6.20. The minimum atomic E-state index is -3.61. The number of aromatic nitrogens is 1. The molecular formula is C22H25Cl2N3O3S2. The van der Waals surface area contributed by atoms with Crippen LogP contribution >= 0.6 is 34.5 Å². The van der Waals surface area contributed by atoms with Crippen LogP contribution in [0.1, 0.15) is 18.4 Å². The highest BCUT2D eigenvalue weighted by atomic mass is 35.5. The molecule has 1 amide bonds. The summed E-state index contributed by atoms with van der Waals surface area (Å²) in [5.74, 6) is -0.558. The number of anilines is 1. The summed E-state index contributed by atoms with van der Waals surface area (Å²) in [6.45, 7) is 3.17. The molecule has 0 saturated heterocycles. The van der Waals surface area contributed by atoms with Crippen LogP contribution < -0.4 is 4.90 Å². The Hall–Kier alpha value is -1.71. The van der Waals surface area contributed by atoms with Gasteiger partial charge in [0.25, 0.3) is 0 Å². The average molecular weight is 515 g/mol. The van der Waals surface area contributed by atoms with Crippen molar-refractivity contribution in [3.63, 3.8) is 0 Å². The Labute approximate surface area is 202 Å². The third-order valence-electron chi connectivity index (χ3n) is 4.92. The maximum absolute atomic E-state index is 13.1. The molecule has 0 atom stereocenters. The molecule has 1 aromatic heterocycles. The van der Waals surface area contributed by atoms with E-state index < -0.39 is 9.84 Å². The van der Waals surface area contributed by atoms with Crippen LogP contribution in [0.2, 0.25) is 10.0 Å². The van der Waals surface area contributed by atoms with Crippen LogP contribution in [-0.4, -0.2) is 57.1 Å². The predicted molar refractivity (Wildman–Crippen MR) is 133 cm³/mol. The summed E-state index contributed by atoms with van der Waals surface area (Å²) in [7, 11) is 0.325. The highest BCUT2D eigenvalue weighted by Crippen LogP contribution is 2.33. The van der Waals surface area contributed by atoms with E-state index in [2.05, 4.69) is 4.98 Å². The normalized spacial score (nSPS) is 11.9. The molecule has 2 aromatic carbocycles. The summed E-state index contributed by atoms with van der Waals surface area (Å²) in [6, 6.07) is 9.63. The molecule has 6 nitrogen and oxygen atoms in total. The first-order chi connectivity index (χ1) is 15.1. The second-order valence-electron chi connectivity index (χ2n) is 7.79. The minimum absolute atomic E-state index is 0.136. The molecule has 0 N–H and O–H groups in total. The maximum atomic E-state index is 13.1. The lowest BCUT2D eigenvalue weighted by molar-refractivity contribution is -0.118. The molecule has 0 aliphatic carbocycles. The molecule has 172 valence electrons. The smallest absolute Gasteiger partial charge is 0.229 e. The second-order valence-corrected chi connectivity index (χ2v) is 11.8. The van der Waals surface area contributed by atoms with E-state index in [1.54, 1.807) is 4.90 Å². The Morgan fingerprint density at radius 2 is 1.75 bits per heavy atom. The molecule has 10 heteroatoms. The van der Waals surface area contributed by atoms with Crippen LogP contribution in [0, 0.1) is 6.92 Å². The number of benzene rings is 2. The van der Waals surface area contributed by atoms with Crippen molar-refractivity contribution < 1.29 is 13.2 Å². The van der Waals surface area contributed by atoms with Gasteiger partial charge in [-0.05, 0) is 75.9 Å². The Morgan fingerprint density at radius 1 is 1.06 bits per heavy atom. The fraction of sp³-hybridized carbons (Fsp3) is 0.364. The van der Waals surface area contributed by atoms with Crippen molar-refractivity contribution in [1.29, 1.82) is 0 Å². The number of thiazole rings is 1. The van der Waals surface area contributed by atoms with Gasteiger partial charge in [0.05, 0.1) is 20.9 Å². The molecule has 3 aromatic rings. The first-order valence-corrected chi connectivity index (χ1v) is 13.3. The van der Waals surface area contributed by atoms with Crippen molar-refractivity contribution >= 4 is 65.6 Å². The van der Waals surface area contributed by atoms with Gasteiger partial charge >= 0.3 is 0 Å². The lowest BCUT2D eigenvalue weighted by Crippen LogP contribution is -2.34. The van der Waals surface area contributed by atoms with Crippen molar-refractivity contribution in [1.82, 2.24) is 9.88 Å². The van der Waals surface area contributed by atoms with Crippen LogP contribution in [0.3, 0.4) is 0 Å². The van der Waals surface area contributed by atoms with Gasteiger partial charge in [-0.3, -0.25) is 9.69 Å². The largest absolute Gasteiger partial charge is 0.309 e. The molecule has 0 bridgehead atoms. The van der Waals surface area contributed by atoms with Gasteiger partial charge in [-0.2, -0.15) is 0 Å². The molecule has 0 radical (unpaired) electrons. The van der Waals surface area contributed by atoms with E-state index in [-0.39, 0.29) is 23.0 Å². The molecule has 0 unspecified atom stereocenters. The van der Waals surface area contributed by atoms with Gasteiger partial charge in [0, 0.05) is 23.0 Å². The standard InChI is InChI=1S/C22H25Cl2N3O3S2/c1-15-13-17(24)14-19-21(15)25-22(31-19)27(11-4-10-26(2)3)20(28)9-12-32(29,30)18-7-5-16(23)6-8-18/h5-8,13-14H,4,9-12H2,1-3H3. The average Bonchev–Trinajstić information content (AvgIpc) is 3.13.